The monoisotopic (exact) mass is 169 g/mol. The molecule has 5 nitrogen and oxygen atoms in total. The Morgan fingerprint density at radius 2 is 2.17 bits per heavy atom. The molecule has 0 aromatic carbocycles. The summed E-state index contributed by atoms with van der Waals surface area (Å²) in [7, 11) is 1.46. The minimum Gasteiger partial charge on any atom is -0.357 e. The van der Waals surface area contributed by atoms with Crippen molar-refractivity contribution in [2.75, 3.05) is 13.6 Å². The lowest BCUT2D eigenvalue weighted by Gasteiger charge is -2.09. The molecule has 0 bridgehead atoms. The van der Waals surface area contributed by atoms with Crippen LogP contribution in [0.25, 0.3) is 4.85 Å². The van der Waals surface area contributed by atoms with Crippen LogP contribution in [0, 0.1) is 6.57 Å². The third-order valence-electron chi connectivity index (χ3n) is 1.21. The summed E-state index contributed by atoms with van der Waals surface area (Å²) in [5, 5.41) is 4.72. The maximum Gasteiger partial charge on any atom is 0.250 e. The Labute approximate surface area is 71.0 Å². The molecule has 2 N–H and O–H groups in total. The van der Waals surface area contributed by atoms with E-state index in [-0.39, 0.29) is 18.4 Å². The van der Waals surface area contributed by atoms with Gasteiger partial charge >= 0.3 is 0 Å². The number of amides is 2. The molecule has 0 rings (SSSR count). The van der Waals surface area contributed by atoms with Crippen LogP contribution in [0.3, 0.4) is 0 Å². The fraction of sp³-hybridized carbons (Fsp3) is 0.571. The zero-order chi connectivity index (χ0) is 9.56. The van der Waals surface area contributed by atoms with Crippen LogP contribution in [0.4, 0.5) is 0 Å². The summed E-state index contributed by atoms with van der Waals surface area (Å²) in [5.74, 6) is -0.659. The fourth-order valence-corrected chi connectivity index (χ4v) is 0.705. The van der Waals surface area contributed by atoms with Crippen LogP contribution in [0.2, 0.25) is 0 Å². The molecule has 0 unspecified atom stereocenters. The van der Waals surface area contributed by atoms with Crippen LogP contribution < -0.4 is 10.6 Å². The minimum atomic E-state index is -0.731. The number of likely N-dealkylation sites (N-methyl/N-ethyl adjacent to an activating group) is 1. The van der Waals surface area contributed by atoms with E-state index in [9.17, 15) is 9.59 Å². The van der Waals surface area contributed by atoms with Crippen LogP contribution >= 0.6 is 0 Å². The highest BCUT2D eigenvalue weighted by Gasteiger charge is 2.20. The van der Waals surface area contributed by atoms with Crippen LogP contribution in [0.5, 0.6) is 0 Å². The Morgan fingerprint density at radius 3 is 2.50 bits per heavy atom. The first-order valence-electron chi connectivity index (χ1n) is 3.43. The van der Waals surface area contributed by atoms with Gasteiger partial charge in [-0.05, 0) is 0 Å². The first-order chi connectivity index (χ1) is 5.61. The Morgan fingerprint density at radius 1 is 1.58 bits per heavy atom. The smallest absolute Gasteiger partial charge is 0.250 e. The number of rotatable bonds is 3. The molecule has 0 saturated heterocycles. The number of hydrogen-bond donors (Lipinski definition) is 2. The van der Waals surface area contributed by atoms with E-state index >= 15 is 0 Å². The summed E-state index contributed by atoms with van der Waals surface area (Å²) in [6.07, 6.45) is 0. The van der Waals surface area contributed by atoms with Crippen molar-refractivity contribution in [3.63, 3.8) is 0 Å². The van der Waals surface area contributed by atoms with E-state index in [4.69, 9.17) is 6.57 Å². The molecule has 0 heterocycles. The molecule has 12 heavy (non-hydrogen) atoms. The summed E-state index contributed by atoms with van der Waals surface area (Å²) in [6, 6.07) is -0.731. The second-order valence-corrected chi connectivity index (χ2v) is 2.21. The number of carbonyl (C=O) groups is 2. The molecule has 1 atom stereocenters. The largest absolute Gasteiger partial charge is 0.357 e. The van der Waals surface area contributed by atoms with Crippen molar-refractivity contribution in [2.24, 2.45) is 0 Å². The van der Waals surface area contributed by atoms with E-state index in [1.54, 1.807) is 0 Å². The molecule has 2 amide bonds. The number of nitrogens with zero attached hydrogens (tertiary/aromatic N) is 1. The molecule has 0 aliphatic heterocycles. The van der Waals surface area contributed by atoms with Gasteiger partial charge < -0.3 is 15.5 Å². The van der Waals surface area contributed by atoms with Crippen LogP contribution in [-0.2, 0) is 9.59 Å². The lowest BCUT2D eigenvalue weighted by atomic mass is 10.3. The summed E-state index contributed by atoms with van der Waals surface area (Å²) in [5.41, 5.74) is 0. The second kappa shape index (κ2) is 5.13. The topological polar surface area (TPSA) is 62.6 Å². The average Bonchev–Trinajstić information content (AvgIpc) is 2.01. The predicted molar refractivity (Wildman–Crippen MR) is 43.1 cm³/mol. The van der Waals surface area contributed by atoms with Gasteiger partial charge in [0.15, 0.2) is 6.04 Å². The van der Waals surface area contributed by atoms with Crippen molar-refractivity contribution in [1.82, 2.24) is 10.6 Å². The molecule has 5 heteroatoms. The quantitative estimate of drug-likeness (QED) is 0.541. The van der Waals surface area contributed by atoms with Gasteiger partial charge in [-0.1, -0.05) is 0 Å². The Balaban J connectivity index is 4.14. The molecular weight excluding hydrogens is 158 g/mol. The molecule has 0 aromatic rings. The highest BCUT2D eigenvalue weighted by molar-refractivity contribution is 5.86. The number of hydrogen-bond acceptors (Lipinski definition) is 2. The summed E-state index contributed by atoms with van der Waals surface area (Å²) < 4.78 is 0. The van der Waals surface area contributed by atoms with Gasteiger partial charge in [0.05, 0.1) is 0 Å². The molecule has 66 valence electrons. The molecule has 0 radical (unpaired) electrons. The Bertz CT molecular complexity index is 219. The molecule has 0 aliphatic carbocycles. The van der Waals surface area contributed by atoms with E-state index in [1.165, 1.54) is 14.0 Å². The zero-order valence-electron chi connectivity index (χ0n) is 7.05. The summed E-state index contributed by atoms with van der Waals surface area (Å²) in [4.78, 5) is 24.6. The van der Waals surface area contributed by atoms with E-state index in [0.717, 1.165) is 0 Å². The Kier molecular flexibility index (Phi) is 4.46. The summed E-state index contributed by atoms with van der Waals surface area (Å²) >= 11 is 0. The van der Waals surface area contributed by atoms with Gasteiger partial charge in [0.1, 0.15) is 0 Å². The van der Waals surface area contributed by atoms with E-state index in [1.807, 2.05) is 0 Å². The lowest BCUT2D eigenvalue weighted by molar-refractivity contribution is -0.127. The van der Waals surface area contributed by atoms with E-state index in [2.05, 4.69) is 15.5 Å². The molecule has 0 saturated carbocycles. The molecule has 0 fully saturated rings. The van der Waals surface area contributed by atoms with Gasteiger partial charge in [-0.2, -0.15) is 0 Å². The van der Waals surface area contributed by atoms with Crippen molar-refractivity contribution in [1.29, 1.82) is 0 Å². The van der Waals surface area contributed by atoms with Crippen molar-refractivity contribution < 1.29 is 9.59 Å². The average molecular weight is 169 g/mol. The van der Waals surface area contributed by atoms with Gasteiger partial charge in [-0.15, -0.1) is 0 Å². The van der Waals surface area contributed by atoms with Crippen LogP contribution in [0.1, 0.15) is 6.92 Å². The first-order valence-corrected chi connectivity index (χ1v) is 3.43. The predicted octanol–water partition coefficient (Wildman–Crippen LogP) is -0.844. The Hall–Kier alpha value is -1.57. The standard InChI is InChI=1S/C7H11N3O2/c1-5(11)10-6(4-8-2)7(12)9-3/h6H,4H2,1,3H3,(H,9,12)(H,10,11)/t6-/m0/s1. The highest BCUT2D eigenvalue weighted by atomic mass is 16.2. The van der Waals surface area contributed by atoms with Crippen LogP contribution in [-0.4, -0.2) is 31.4 Å². The molecule has 0 aliphatic rings. The third-order valence-corrected chi connectivity index (χ3v) is 1.21. The van der Waals surface area contributed by atoms with Gasteiger partial charge in [-0.3, -0.25) is 9.59 Å². The number of nitrogens with one attached hydrogen (secondary N) is 2. The van der Waals surface area contributed by atoms with Gasteiger partial charge in [0, 0.05) is 14.0 Å². The fourth-order valence-electron chi connectivity index (χ4n) is 0.705. The normalized spacial score (nSPS) is 11.1. The van der Waals surface area contributed by atoms with Gasteiger partial charge in [0.25, 0.3) is 0 Å². The highest BCUT2D eigenvalue weighted by Crippen LogP contribution is 1.85. The molecular formula is C7H11N3O2. The van der Waals surface area contributed by atoms with E-state index in [0.29, 0.717) is 0 Å². The maximum atomic E-state index is 11.0. The summed E-state index contributed by atoms with van der Waals surface area (Å²) in [6.45, 7) is 7.82. The SMILES string of the molecule is [C-]#[N+]C[C@H](NC(C)=O)C(=O)NC. The van der Waals surface area contributed by atoms with Crippen molar-refractivity contribution in [3.8, 4) is 0 Å². The van der Waals surface area contributed by atoms with Crippen molar-refractivity contribution in [2.45, 2.75) is 13.0 Å². The van der Waals surface area contributed by atoms with E-state index < -0.39 is 6.04 Å². The van der Waals surface area contributed by atoms with Gasteiger partial charge in [0.2, 0.25) is 18.4 Å². The maximum absolute atomic E-state index is 11.0. The van der Waals surface area contributed by atoms with Crippen molar-refractivity contribution in [3.05, 3.63) is 11.4 Å². The molecule has 0 aromatic heterocycles. The van der Waals surface area contributed by atoms with Gasteiger partial charge in [-0.25, -0.2) is 6.57 Å². The first kappa shape index (κ1) is 10.4. The zero-order valence-corrected chi connectivity index (χ0v) is 7.05. The molecule has 0 spiro atoms. The van der Waals surface area contributed by atoms with Crippen molar-refractivity contribution >= 4 is 11.8 Å². The second-order valence-electron chi connectivity index (χ2n) is 2.21. The lowest BCUT2D eigenvalue weighted by Crippen LogP contribution is -2.46. The third kappa shape index (κ3) is 3.56. The minimum absolute atomic E-state index is 0.0285. The van der Waals surface area contributed by atoms with Crippen LogP contribution in [0.15, 0.2) is 0 Å². The number of carbonyl (C=O) groups excluding carboxylic acids is 2.